The summed E-state index contributed by atoms with van der Waals surface area (Å²) in [6.07, 6.45) is 0. The number of halogens is 1. The molecule has 1 heterocycles. The van der Waals surface area contributed by atoms with Crippen LogP contribution in [0.5, 0.6) is 5.75 Å². The maximum atomic E-state index is 5.98. The Bertz CT molecular complexity index is 523. The fraction of sp³-hybridized carbons (Fsp3) is 0.182. The molecule has 0 saturated heterocycles. The standard InChI is InChI=1S/C11H11ClN2O2/c1-6-8(10-5-11(13)14-16-10)3-7(12)4-9(6)15-2/h3-5H,1-2H3,(H2,13,14). The first-order valence-corrected chi connectivity index (χ1v) is 5.06. The predicted octanol–water partition coefficient (Wildman–Crippen LogP) is 2.89. The number of methoxy groups -OCH3 is 1. The first-order chi connectivity index (χ1) is 7.61. The molecule has 4 nitrogen and oxygen atoms in total. The molecular weight excluding hydrogens is 228 g/mol. The molecule has 0 aliphatic carbocycles. The molecule has 0 amide bonds. The van der Waals surface area contributed by atoms with Crippen LogP contribution in [-0.2, 0) is 0 Å². The number of nitrogen functional groups attached to an aromatic ring is 1. The van der Waals surface area contributed by atoms with Crippen LogP contribution < -0.4 is 10.5 Å². The average molecular weight is 239 g/mol. The summed E-state index contributed by atoms with van der Waals surface area (Å²) in [5.74, 6) is 1.63. The van der Waals surface area contributed by atoms with Crippen LogP contribution in [0.1, 0.15) is 5.56 Å². The SMILES string of the molecule is COc1cc(Cl)cc(-c2cc(N)no2)c1C. The van der Waals surface area contributed by atoms with Crippen LogP contribution in [0.4, 0.5) is 5.82 Å². The van der Waals surface area contributed by atoms with E-state index >= 15 is 0 Å². The number of ether oxygens (including phenoxy) is 1. The van der Waals surface area contributed by atoms with Gasteiger partial charge in [0.2, 0.25) is 0 Å². The zero-order chi connectivity index (χ0) is 11.7. The molecule has 2 aromatic rings. The van der Waals surface area contributed by atoms with E-state index in [1.54, 1.807) is 25.3 Å². The molecule has 5 heteroatoms. The summed E-state index contributed by atoms with van der Waals surface area (Å²) < 4.78 is 10.3. The van der Waals surface area contributed by atoms with Crippen molar-refractivity contribution in [3.8, 4) is 17.1 Å². The van der Waals surface area contributed by atoms with Crippen LogP contribution in [0.3, 0.4) is 0 Å². The van der Waals surface area contributed by atoms with Gasteiger partial charge in [-0.3, -0.25) is 0 Å². The lowest BCUT2D eigenvalue weighted by Gasteiger charge is -2.08. The van der Waals surface area contributed by atoms with E-state index < -0.39 is 0 Å². The fourth-order valence-corrected chi connectivity index (χ4v) is 1.75. The van der Waals surface area contributed by atoms with Crippen molar-refractivity contribution in [3.63, 3.8) is 0 Å². The third-order valence-corrected chi connectivity index (χ3v) is 2.56. The van der Waals surface area contributed by atoms with Gasteiger partial charge in [-0.1, -0.05) is 16.8 Å². The molecule has 0 fully saturated rings. The van der Waals surface area contributed by atoms with Crippen molar-refractivity contribution in [2.75, 3.05) is 12.8 Å². The zero-order valence-corrected chi connectivity index (χ0v) is 9.71. The van der Waals surface area contributed by atoms with Gasteiger partial charge in [0.05, 0.1) is 7.11 Å². The number of benzene rings is 1. The van der Waals surface area contributed by atoms with Gasteiger partial charge in [-0.15, -0.1) is 0 Å². The van der Waals surface area contributed by atoms with Crippen LogP contribution in [-0.4, -0.2) is 12.3 Å². The minimum Gasteiger partial charge on any atom is -0.496 e. The van der Waals surface area contributed by atoms with Gasteiger partial charge in [0.15, 0.2) is 11.6 Å². The van der Waals surface area contributed by atoms with E-state index in [2.05, 4.69) is 5.16 Å². The molecule has 1 aromatic heterocycles. The number of rotatable bonds is 2. The molecule has 0 aliphatic heterocycles. The quantitative estimate of drug-likeness (QED) is 0.874. The maximum absolute atomic E-state index is 5.98. The van der Waals surface area contributed by atoms with Crippen molar-refractivity contribution in [1.29, 1.82) is 0 Å². The molecule has 0 unspecified atom stereocenters. The molecule has 84 valence electrons. The number of nitrogens with zero attached hydrogens (tertiary/aromatic N) is 1. The summed E-state index contributed by atoms with van der Waals surface area (Å²) >= 11 is 5.98. The summed E-state index contributed by atoms with van der Waals surface area (Å²) in [6.45, 7) is 1.92. The van der Waals surface area contributed by atoms with Crippen LogP contribution in [0, 0.1) is 6.92 Å². The van der Waals surface area contributed by atoms with Crippen LogP contribution in [0.25, 0.3) is 11.3 Å². The molecule has 0 aliphatic rings. The molecule has 0 bridgehead atoms. The average Bonchev–Trinajstić information content (AvgIpc) is 2.67. The van der Waals surface area contributed by atoms with Crippen LogP contribution >= 0.6 is 11.6 Å². The first-order valence-electron chi connectivity index (χ1n) is 4.68. The second-order valence-electron chi connectivity index (χ2n) is 3.40. The van der Waals surface area contributed by atoms with E-state index in [-0.39, 0.29) is 0 Å². The van der Waals surface area contributed by atoms with E-state index in [4.69, 9.17) is 26.6 Å². The van der Waals surface area contributed by atoms with Gasteiger partial charge in [0, 0.05) is 22.2 Å². The molecule has 0 spiro atoms. The predicted molar refractivity (Wildman–Crippen MR) is 62.7 cm³/mol. The van der Waals surface area contributed by atoms with E-state index in [0.29, 0.717) is 22.4 Å². The summed E-state index contributed by atoms with van der Waals surface area (Å²) in [6, 6.07) is 5.19. The largest absolute Gasteiger partial charge is 0.496 e. The summed E-state index contributed by atoms with van der Waals surface area (Å²) in [5, 5.41) is 4.21. The normalized spacial score (nSPS) is 10.4. The van der Waals surface area contributed by atoms with Crippen LogP contribution in [0.2, 0.25) is 5.02 Å². The van der Waals surface area contributed by atoms with E-state index in [1.165, 1.54) is 0 Å². The Morgan fingerprint density at radius 1 is 1.38 bits per heavy atom. The van der Waals surface area contributed by atoms with Gasteiger partial charge in [0.1, 0.15) is 5.75 Å². The molecule has 0 atom stereocenters. The third kappa shape index (κ3) is 1.84. The maximum Gasteiger partial charge on any atom is 0.169 e. The van der Waals surface area contributed by atoms with Gasteiger partial charge in [0.25, 0.3) is 0 Å². The molecular formula is C11H11ClN2O2. The summed E-state index contributed by atoms with van der Waals surface area (Å²) in [7, 11) is 1.59. The highest BCUT2D eigenvalue weighted by molar-refractivity contribution is 6.31. The van der Waals surface area contributed by atoms with E-state index in [0.717, 1.165) is 11.1 Å². The number of nitrogens with two attached hydrogens (primary N) is 1. The molecule has 0 radical (unpaired) electrons. The second-order valence-corrected chi connectivity index (χ2v) is 3.83. The van der Waals surface area contributed by atoms with Crippen LogP contribution in [0.15, 0.2) is 22.7 Å². The van der Waals surface area contributed by atoms with Crippen molar-refractivity contribution < 1.29 is 9.26 Å². The van der Waals surface area contributed by atoms with Crippen molar-refractivity contribution in [2.45, 2.75) is 6.92 Å². The van der Waals surface area contributed by atoms with Crippen molar-refractivity contribution in [3.05, 3.63) is 28.8 Å². The third-order valence-electron chi connectivity index (χ3n) is 2.34. The Morgan fingerprint density at radius 2 is 2.12 bits per heavy atom. The molecule has 2 rings (SSSR count). The minimum absolute atomic E-state index is 0.341. The lowest BCUT2D eigenvalue weighted by atomic mass is 10.1. The Labute approximate surface area is 97.9 Å². The topological polar surface area (TPSA) is 61.3 Å². The molecule has 16 heavy (non-hydrogen) atoms. The summed E-state index contributed by atoms with van der Waals surface area (Å²) in [5.41, 5.74) is 7.27. The van der Waals surface area contributed by atoms with Gasteiger partial charge < -0.3 is 15.0 Å². The second kappa shape index (κ2) is 4.06. The number of aromatic nitrogens is 1. The monoisotopic (exact) mass is 238 g/mol. The van der Waals surface area contributed by atoms with E-state index in [9.17, 15) is 0 Å². The highest BCUT2D eigenvalue weighted by atomic mass is 35.5. The fourth-order valence-electron chi connectivity index (χ4n) is 1.54. The summed E-state index contributed by atoms with van der Waals surface area (Å²) in [4.78, 5) is 0. The van der Waals surface area contributed by atoms with Gasteiger partial charge >= 0.3 is 0 Å². The van der Waals surface area contributed by atoms with Crippen molar-refractivity contribution in [2.24, 2.45) is 0 Å². The highest BCUT2D eigenvalue weighted by Crippen LogP contribution is 2.34. The zero-order valence-electron chi connectivity index (χ0n) is 8.95. The lowest BCUT2D eigenvalue weighted by molar-refractivity contribution is 0.410. The Balaban J connectivity index is 2.60. The Kier molecular flexibility index (Phi) is 2.75. The van der Waals surface area contributed by atoms with Gasteiger partial charge in [-0.25, -0.2) is 0 Å². The lowest BCUT2D eigenvalue weighted by Crippen LogP contribution is -1.90. The van der Waals surface area contributed by atoms with Crippen molar-refractivity contribution >= 4 is 17.4 Å². The molecule has 0 saturated carbocycles. The number of hydrogen-bond donors (Lipinski definition) is 1. The van der Waals surface area contributed by atoms with Gasteiger partial charge in [-0.05, 0) is 19.1 Å². The number of anilines is 1. The minimum atomic E-state index is 0.341. The molecule has 2 N–H and O–H groups in total. The first kappa shape index (κ1) is 10.8. The van der Waals surface area contributed by atoms with Gasteiger partial charge in [-0.2, -0.15) is 0 Å². The Morgan fingerprint density at radius 3 is 2.69 bits per heavy atom. The van der Waals surface area contributed by atoms with Crippen molar-refractivity contribution in [1.82, 2.24) is 5.16 Å². The smallest absolute Gasteiger partial charge is 0.169 e. The Hall–Kier alpha value is -1.68. The highest BCUT2D eigenvalue weighted by Gasteiger charge is 2.12. The number of hydrogen-bond acceptors (Lipinski definition) is 4. The van der Waals surface area contributed by atoms with E-state index in [1.807, 2.05) is 6.92 Å². The molecule has 1 aromatic carbocycles.